The van der Waals surface area contributed by atoms with Gasteiger partial charge in [0, 0.05) is 6.54 Å². The van der Waals surface area contributed by atoms with Gasteiger partial charge in [-0.05, 0) is 25.8 Å². The van der Waals surface area contributed by atoms with E-state index in [-0.39, 0.29) is 12.2 Å². The summed E-state index contributed by atoms with van der Waals surface area (Å²) in [5, 5.41) is 11.4. The molecule has 2 unspecified atom stereocenters. The van der Waals surface area contributed by atoms with Gasteiger partial charge >= 0.3 is 7.62 Å². The number of nitrogens with one attached hydrogen (secondary N) is 1. The summed E-state index contributed by atoms with van der Waals surface area (Å²) in [5.41, 5.74) is 2.52. The fourth-order valence-corrected chi connectivity index (χ4v) is 1.31. The van der Waals surface area contributed by atoms with E-state index >= 15 is 0 Å². The summed E-state index contributed by atoms with van der Waals surface area (Å²) < 4.78 is 5.34. The van der Waals surface area contributed by atoms with Crippen LogP contribution >= 0.6 is 0 Å². The third kappa shape index (κ3) is 5.35. The number of hydrogen-bond donors (Lipinski definition) is 2. The Morgan fingerprint density at radius 1 is 1.47 bits per heavy atom. The van der Waals surface area contributed by atoms with Crippen LogP contribution in [0.25, 0.3) is 0 Å². The van der Waals surface area contributed by atoms with Crippen molar-refractivity contribution >= 4 is 7.62 Å². The van der Waals surface area contributed by atoms with Gasteiger partial charge in [0.05, 0.1) is 12.2 Å². The maximum absolute atomic E-state index is 8.36. The van der Waals surface area contributed by atoms with E-state index in [0.717, 1.165) is 13.0 Å². The van der Waals surface area contributed by atoms with E-state index in [2.05, 4.69) is 36.4 Å². The Labute approximate surface area is 104 Å². The van der Waals surface area contributed by atoms with Crippen molar-refractivity contribution in [2.45, 2.75) is 39.4 Å². The second kappa shape index (κ2) is 7.48. The zero-order valence-corrected chi connectivity index (χ0v) is 10.8. The second-order valence-electron chi connectivity index (χ2n) is 4.32. The van der Waals surface area contributed by atoms with E-state index < -0.39 is 0 Å². The number of aryl methyl sites for hydroxylation is 1. The largest absolute Gasteiger partial charge is 0.416 e. The van der Waals surface area contributed by atoms with Gasteiger partial charge in [-0.25, -0.2) is 0 Å². The molecule has 0 aromatic heterocycles. The molecule has 1 radical (unpaired) electrons. The minimum atomic E-state index is -0.116. The number of rotatable bonds is 2. The lowest BCUT2D eigenvalue weighted by Gasteiger charge is -2.09. The molecule has 1 aromatic rings. The molecule has 1 aliphatic rings. The zero-order chi connectivity index (χ0) is 12.7. The first-order valence-corrected chi connectivity index (χ1v) is 6.08. The van der Waals surface area contributed by atoms with Gasteiger partial charge in [0.15, 0.2) is 0 Å². The van der Waals surface area contributed by atoms with Crippen molar-refractivity contribution < 1.29 is 9.76 Å². The summed E-state index contributed by atoms with van der Waals surface area (Å²) in [4.78, 5) is 0. The van der Waals surface area contributed by atoms with Gasteiger partial charge in [-0.1, -0.05) is 36.8 Å². The van der Waals surface area contributed by atoms with E-state index in [1.54, 1.807) is 14.5 Å². The zero-order valence-electron chi connectivity index (χ0n) is 10.8. The second-order valence-corrected chi connectivity index (χ2v) is 4.32. The van der Waals surface area contributed by atoms with E-state index in [1.165, 1.54) is 11.1 Å². The van der Waals surface area contributed by atoms with E-state index in [9.17, 15) is 0 Å². The monoisotopic (exact) mass is 234 g/mol. The Kier molecular flexibility index (Phi) is 6.26. The minimum absolute atomic E-state index is 0.116. The first kappa shape index (κ1) is 14.2. The molecule has 0 spiro atoms. The Hall–Kier alpha value is -0.835. The van der Waals surface area contributed by atoms with Crippen LogP contribution in [0.1, 0.15) is 37.5 Å². The lowest BCUT2D eigenvalue weighted by atomic mass is 10.1. The summed E-state index contributed by atoms with van der Waals surface area (Å²) in [5.74, 6) is 0. The third-order valence-corrected chi connectivity index (χ3v) is 2.66. The molecule has 2 N–H and O–H groups in total. The first-order valence-electron chi connectivity index (χ1n) is 6.08. The smallest absolute Gasteiger partial charge is 0.396 e. The average molecular weight is 234 g/mol. The fraction of sp³-hybridized carbons (Fsp3) is 0.538. The van der Waals surface area contributed by atoms with Crippen LogP contribution in [0.3, 0.4) is 0 Å². The summed E-state index contributed by atoms with van der Waals surface area (Å²) in [7, 11) is 1.66. The quantitative estimate of drug-likeness (QED) is 0.768. The van der Waals surface area contributed by atoms with Gasteiger partial charge in [-0.3, -0.25) is 0 Å². The lowest BCUT2D eigenvalue weighted by molar-refractivity contribution is 0.191. The number of aliphatic hydroxyl groups excluding tert-OH is 1. The molecule has 3 nitrogen and oxygen atoms in total. The molecule has 4 heteroatoms. The Morgan fingerprint density at radius 3 is 2.47 bits per heavy atom. The third-order valence-electron chi connectivity index (χ3n) is 2.66. The van der Waals surface area contributed by atoms with Gasteiger partial charge in [-0.15, -0.1) is 0 Å². The Bertz CT molecular complexity index is 308. The molecular weight excluding hydrogens is 213 g/mol. The number of aliphatic hydroxyl groups is 1. The number of benzene rings is 1. The Balaban J connectivity index is 0.000000249. The van der Waals surface area contributed by atoms with Crippen molar-refractivity contribution in [1.82, 2.24) is 5.23 Å². The predicted octanol–water partition coefficient (Wildman–Crippen LogP) is 1.97. The molecular formula is C13H21BNO2. The lowest BCUT2D eigenvalue weighted by Crippen LogP contribution is -2.10. The summed E-state index contributed by atoms with van der Waals surface area (Å²) in [6.45, 7) is 6.69. The van der Waals surface area contributed by atoms with Gasteiger partial charge in [0.1, 0.15) is 0 Å². The van der Waals surface area contributed by atoms with E-state index in [1.807, 2.05) is 6.92 Å². The molecule has 17 heavy (non-hydrogen) atoms. The average Bonchev–Trinajstić information content (AvgIpc) is 2.84. The van der Waals surface area contributed by atoms with Crippen LogP contribution in [0.4, 0.5) is 0 Å². The fourth-order valence-electron chi connectivity index (χ4n) is 1.31. The number of hydrogen-bond acceptors (Lipinski definition) is 3. The van der Waals surface area contributed by atoms with Crippen molar-refractivity contribution in [2.24, 2.45) is 0 Å². The van der Waals surface area contributed by atoms with Crippen LogP contribution in [-0.4, -0.2) is 25.4 Å². The van der Waals surface area contributed by atoms with Gasteiger partial charge in [0.25, 0.3) is 0 Å². The molecule has 0 bridgehead atoms. The molecule has 2 atom stereocenters. The van der Waals surface area contributed by atoms with Crippen LogP contribution in [-0.2, 0) is 4.65 Å². The molecule has 1 heterocycles. The Morgan fingerprint density at radius 2 is 2.06 bits per heavy atom. The van der Waals surface area contributed by atoms with E-state index in [0.29, 0.717) is 0 Å². The SMILES string of the molecule is CCC(C)O.Cc1ccc(C2CN[B]O2)cc1. The molecule has 0 saturated carbocycles. The topological polar surface area (TPSA) is 41.5 Å². The molecule has 0 amide bonds. The van der Waals surface area contributed by atoms with Gasteiger partial charge in [0.2, 0.25) is 0 Å². The van der Waals surface area contributed by atoms with Crippen LogP contribution < -0.4 is 5.23 Å². The van der Waals surface area contributed by atoms with Gasteiger partial charge < -0.3 is 15.0 Å². The molecule has 1 fully saturated rings. The highest BCUT2D eigenvalue weighted by molar-refractivity contribution is 6.24. The highest BCUT2D eigenvalue weighted by Gasteiger charge is 2.17. The normalized spacial score (nSPS) is 20.1. The van der Waals surface area contributed by atoms with Crippen molar-refractivity contribution in [3.63, 3.8) is 0 Å². The molecule has 1 saturated heterocycles. The van der Waals surface area contributed by atoms with Crippen molar-refractivity contribution in [2.75, 3.05) is 6.54 Å². The summed E-state index contributed by atoms with van der Waals surface area (Å²) in [6, 6.07) is 8.44. The molecule has 1 aliphatic heterocycles. The highest BCUT2D eigenvalue weighted by atomic mass is 16.5. The van der Waals surface area contributed by atoms with Crippen molar-refractivity contribution in [1.29, 1.82) is 0 Å². The summed E-state index contributed by atoms with van der Waals surface area (Å²) >= 11 is 0. The molecule has 93 valence electrons. The molecule has 2 rings (SSSR count). The summed E-state index contributed by atoms with van der Waals surface area (Å²) in [6.07, 6.45) is 0.945. The van der Waals surface area contributed by atoms with Crippen molar-refractivity contribution in [3.05, 3.63) is 35.4 Å². The van der Waals surface area contributed by atoms with E-state index in [4.69, 9.17) is 9.76 Å². The van der Waals surface area contributed by atoms with Crippen molar-refractivity contribution in [3.8, 4) is 0 Å². The van der Waals surface area contributed by atoms with Gasteiger partial charge in [-0.2, -0.15) is 0 Å². The highest BCUT2D eigenvalue weighted by Crippen LogP contribution is 2.18. The minimum Gasteiger partial charge on any atom is -0.416 e. The maximum Gasteiger partial charge on any atom is 0.396 e. The molecule has 0 aliphatic carbocycles. The van der Waals surface area contributed by atoms with Crippen LogP contribution in [0.5, 0.6) is 0 Å². The van der Waals surface area contributed by atoms with Crippen LogP contribution in [0.15, 0.2) is 24.3 Å². The van der Waals surface area contributed by atoms with Crippen LogP contribution in [0.2, 0.25) is 0 Å². The standard InChI is InChI=1S/C9H11BNO.C4H10O/c1-7-2-4-8(5-3-7)9-6-11-10-12-9;1-3-4(2)5/h2-5,9,11H,6H2,1H3;4-5H,3H2,1-2H3. The molecule has 1 aromatic carbocycles. The first-order chi connectivity index (χ1) is 8.13. The van der Waals surface area contributed by atoms with Crippen LogP contribution in [0, 0.1) is 6.92 Å². The maximum atomic E-state index is 8.36. The predicted molar refractivity (Wildman–Crippen MR) is 70.7 cm³/mol.